The summed E-state index contributed by atoms with van der Waals surface area (Å²) in [6.45, 7) is 9.35. The molecule has 15 heavy (non-hydrogen) atoms. The van der Waals surface area contributed by atoms with E-state index < -0.39 is 5.60 Å². The first-order valence-electron chi connectivity index (χ1n) is 5.75. The van der Waals surface area contributed by atoms with Crippen LogP contribution in [0.1, 0.15) is 53.9 Å². The Labute approximate surface area is 92.8 Å². The lowest BCUT2D eigenvalue weighted by Gasteiger charge is -2.30. The Bertz CT molecular complexity index is 197. The first-order chi connectivity index (χ1) is 6.83. The molecule has 0 aliphatic heterocycles. The number of ether oxygens (including phenoxy) is 1. The van der Waals surface area contributed by atoms with Crippen molar-refractivity contribution < 1.29 is 14.6 Å². The SMILES string of the molecule is CCC(CC(=O)OC(C)C)C(C)(O)CC. The molecule has 2 unspecified atom stereocenters. The van der Waals surface area contributed by atoms with Gasteiger partial charge in [-0.15, -0.1) is 0 Å². The third-order valence-electron chi connectivity index (χ3n) is 2.87. The molecule has 0 radical (unpaired) electrons. The molecule has 0 rings (SSSR count). The normalized spacial score (nSPS) is 17.3. The molecule has 0 fully saturated rings. The maximum atomic E-state index is 11.5. The Balaban J connectivity index is 4.27. The van der Waals surface area contributed by atoms with E-state index in [0.29, 0.717) is 12.8 Å². The molecule has 0 saturated carbocycles. The molecule has 0 amide bonds. The van der Waals surface area contributed by atoms with Gasteiger partial charge in [0.05, 0.1) is 18.1 Å². The topological polar surface area (TPSA) is 46.5 Å². The molecule has 1 N–H and O–H groups in total. The van der Waals surface area contributed by atoms with E-state index in [1.165, 1.54) is 0 Å². The van der Waals surface area contributed by atoms with Crippen LogP contribution < -0.4 is 0 Å². The predicted molar refractivity (Wildman–Crippen MR) is 60.5 cm³/mol. The summed E-state index contributed by atoms with van der Waals surface area (Å²) in [5, 5.41) is 10.1. The van der Waals surface area contributed by atoms with Gasteiger partial charge in [-0.05, 0) is 33.1 Å². The van der Waals surface area contributed by atoms with Crippen LogP contribution in [0.4, 0.5) is 0 Å². The number of hydrogen-bond acceptors (Lipinski definition) is 3. The summed E-state index contributed by atoms with van der Waals surface area (Å²) in [5.41, 5.74) is -0.773. The summed E-state index contributed by atoms with van der Waals surface area (Å²) in [5.74, 6) is -0.237. The van der Waals surface area contributed by atoms with Crippen molar-refractivity contribution in [2.24, 2.45) is 5.92 Å². The third-order valence-corrected chi connectivity index (χ3v) is 2.87. The van der Waals surface area contributed by atoms with Crippen molar-refractivity contribution in [3.05, 3.63) is 0 Å². The van der Waals surface area contributed by atoms with Crippen molar-refractivity contribution in [2.45, 2.75) is 65.6 Å². The summed E-state index contributed by atoms with van der Waals surface area (Å²) >= 11 is 0. The lowest BCUT2D eigenvalue weighted by molar-refractivity contribution is -0.151. The molecule has 0 aliphatic carbocycles. The Hall–Kier alpha value is -0.570. The van der Waals surface area contributed by atoms with Gasteiger partial charge < -0.3 is 9.84 Å². The molecule has 0 bridgehead atoms. The number of rotatable bonds is 6. The predicted octanol–water partition coefficient (Wildman–Crippen LogP) is 2.52. The second-order valence-corrected chi connectivity index (χ2v) is 4.56. The fourth-order valence-corrected chi connectivity index (χ4v) is 1.60. The third kappa shape index (κ3) is 5.17. The van der Waals surface area contributed by atoms with Gasteiger partial charge in [0.1, 0.15) is 0 Å². The molecule has 3 heteroatoms. The van der Waals surface area contributed by atoms with E-state index in [2.05, 4.69) is 0 Å². The van der Waals surface area contributed by atoms with Gasteiger partial charge in [-0.25, -0.2) is 0 Å². The summed E-state index contributed by atoms with van der Waals surface area (Å²) in [7, 11) is 0. The van der Waals surface area contributed by atoms with E-state index in [1.54, 1.807) is 6.92 Å². The molecule has 0 spiro atoms. The van der Waals surface area contributed by atoms with Gasteiger partial charge in [-0.2, -0.15) is 0 Å². The fraction of sp³-hybridized carbons (Fsp3) is 0.917. The summed E-state index contributed by atoms with van der Waals surface area (Å²) in [6.07, 6.45) is 1.66. The fourth-order valence-electron chi connectivity index (χ4n) is 1.60. The van der Waals surface area contributed by atoms with Crippen LogP contribution in [-0.4, -0.2) is 22.8 Å². The van der Waals surface area contributed by atoms with Crippen LogP contribution in [0.3, 0.4) is 0 Å². The van der Waals surface area contributed by atoms with Crippen LogP contribution in [0.15, 0.2) is 0 Å². The molecule has 3 nitrogen and oxygen atoms in total. The molecule has 0 aromatic heterocycles. The summed E-state index contributed by atoms with van der Waals surface area (Å²) < 4.78 is 5.07. The zero-order chi connectivity index (χ0) is 12.1. The van der Waals surface area contributed by atoms with Crippen molar-refractivity contribution in [1.29, 1.82) is 0 Å². The van der Waals surface area contributed by atoms with Crippen molar-refractivity contribution in [3.8, 4) is 0 Å². The smallest absolute Gasteiger partial charge is 0.306 e. The molecule has 0 aliphatic rings. The lowest BCUT2D eigenvalue weighted by atomic mass is 9.82. The first kappa shape index (κ1) is 14.4. The van der Waals surface area contributed by atoms with Gasteiger partial charge in [0.15, 0.2) is 0 Å². The number of carbonyl (C=O) groups excluding carboxylic acids is 1. The van der Waals surface area contributed by atoms with Gasteiger partial charge in [0.2, 0.25) is 0 Å². The molecule has 0 aromatic rings. The van der Waals surface area contributed by atoms with E-state index in [0.717, 1.165) is 6.42 Å². The van der Waals surface area contributed by atoms with Crippen LogP contribution >= 0.6 is 0 Å². The van der Waals surface area contributed by atoms with Gasteiger partial charge >= 0.3 is 5.97 Å². The summed E-state index contributed by atoms with van der Waals surface area (Å²) in [4.78, 5) is 11.5. The summed E-state index contributed by atoms with van der Waals surface area (Å²) in [6, 6.07) is 0. The molecular formula is C12H24O3. The quantitative estimate of drug-likeness (QED) is 0.694. The van der Waals surface area contributed by atoms with Gasteiger partial charge in [-0.3, -0.25) is 4.79 Å². The maximum absolute atomic E-state index is 11.5. The highest BCUT2D eigenvalue weighted by atomic mass is 16.5. The van der Waals surface area contributed by atoms with E-state index in [4.69, 9.17) is 4.74 Å². The van der Waals surface area contributed by atoms with Gasteiger partial charge in [0.25, 0.3) is 0 Å². The van der Waals surface area contributed by atoms with Crippen LogP contribution in [-0.2, 0) is 9.53 Å². The van der Waals surface area contributed by atoms with E-state index in [1.807, 2.05) is 27.7 Å². The minimum absolute atomic E-state index is 0.0197. The molecule has 2 atom stereocenters. The second kappa shape index (κ2) is 6.11. The average molecular weight is 216 g/mol. The molecule has 0 saturated heterocycles. The largest absolute Gasteiger partial charge is 0.463 e. The Morgan fingerprint density at radius 3 is 2.27 bits per heavy atom. The molecule has 0 aromatic carbocycles. The highest BCUT2D eigenvalue weighted by molar-refractivity contribution is 5.70. The zero-order valence-corrected chi connectivity index (χ0v) is 10.5. The maximum Gasteiger partial charge on any atom is 0.306 e. The number of carbonyl (C=O) groups is 1. The highest BCUT2D eigenvalue weighted by Crippen LogP contribution is 2.27. The van der Waals surface area contributed by atoms with Gasteiger partial charge in [0, 0.05) is 0 Å². The zero-order valence-electron chi connectivity index (χ0n) is 10.5. The lowest BCUT2D eigenvalue weighted by Crippen LogP contribution is -2.35. The van der Waals surface area contributed by atoms with Crippen molar-refractivity contribution >= 4 is 5.97 Å². The average Bonchev–Trinajstić information content (AvgIpc) is 2.12. The van der Waals surface area contributed by atoms with Crippen LogP contribution in [0.5, 0.6) is 0 Å². The van der Waals surface area contributed by atoms with Crippen molar-refractivity contribution in [1.82, 2.24) is 0 Å². The Kier molecular flexibility index (Phi) is 5.88. The monoisotopic (exact) mass is 216 g/mol. The van der Waals surface area contributed by atoms with E-state index in [9.17, 15) is 9.90 Å². The number of hydrogen-bond donors (Lipinski definition) is 1. The van der Waals surface area contributed by atoms with Crippen LogP contribution in [0.2, 0.25) is 0 Å². The van der Waals surface area contributed by atoms with Crippen molar-refractivity contribution in [2.75, 3.05) is 0 Å². The first-order valence-corrected chi connectivity index (χ1v) is 5.75. The van der Waals surface area contributed by atoms with Gasteiger partial charge in [-0.1, -0.05) is 20.3 Å². The van der Waals surface area contributed by atoms with Crippen LogP contribution in [0.25, 0.3) is 0 Å². The Morgan fingerprint density at radius 1 is 1.40 bits per heavy atom. The van der Waals surface area contributed by atoms with Crippen molar-refractivity contribution in [3.63, 3.8) is 0 Å². The second-order valence-electron chi connectivity index (χ2n) is 4.56. The Morgan fingerprint density at radius 2 is 1.93 bits per heavy atom. The standard InChI is InChI=1S/C12H24O3/c1-6-10(12(5,14)7-2)8-11(13)15-9(3)4/h9-10,14H,6-8H2,1-5H3. The molecular weight excluding hydrogens is 192 g/mol. The van der Waals surface area contributed by atoms with Crippen LogP contribution in [0, 0.1) is 5.92 Å². The van der Waals surface area contributed by atoms with E-state index in [-0.39, 0.29) is 18.0 Å². The minimum atomic E-state index is -0.773. The number of esters is 1. The number of aliphatic hydroxyl groups is 1. The molecule has 90 valence electrons. The highest BCUT2D eigenvalue weighted by Gasteiger charge is 2.30. The van der Waals surface area contributed by atoms with E-state index >= 15 is 0 Å². The molecule has 0 heterocycles. The minimum Gasteiger partial charge on any atom is -0.463 e.